The van der Waals surface area contributed by atoms with Crippen molar-refractivity contribution in [3.8, 4) is 28.3 Å². The van der Waals surface area contributed by atoms with Crippen molar-refractivity contribution in [2.45, 2.75) is 0 Å². The van der Waals surface area contributed by atoms with Crippen LogP contribution in [0, 0.1) is 0 Å². The minimum Gasteiger partial charge on any atom is -0.278 e. The van der Waals surface area contributed by atoms with E-state index in [0.717, 1.165) is 37.9 Å². The van der Waals surface area contributed by atoms with Gasteiger partial charge in [0.05, 0.1) is 26.9 Å². The molecule has 4 heterocycles. The molecule has 6 aromatic carbocycles. The number of thiophene rings is 2. The molecule has 0 saturated carbocycles. The van der Waals surface area contributed by atoms with Crippen LogP contribution in [-0.4, -0.2) is 14.5 Å². The Morgan fingerprint density at radius 3 is 1.98 bits per heavy atom. The van der Waals surface area contributed by atoms with Crippen LogP contribution in [0.4, 0.5) is 0 Å². The van der Waals surface area contributed by atoms with Gasteiger partial charge in [-0.25, -0.2) is 9.97 Å². The third-order valence-electron chi connectivity index (χ3n) is 8.82. The second-order valence-electron chi connectivity index (χ2n) is 11.4. The molecule has 0 atom stereocenters. The van der Waals surface area contributed by atoms with Gasteiger partial charge in [0.25, 0.3) is 0 Å². The van der Waals surface area contributed by atoms with Crippen molar-refractivity contribution in [1.82, 2.24) is 14.5 Å². The standard InChI is InChI=1S/C40H23N3S2/c1-2-11-24(12-3-1)25-13-10-14-26(21-25)37-39-38(29-17-6-9-20-35(29)45-39)42-40(41-37)43-32-18-7-4-15-27(32)30-23-36-31(22-33(30)43)28-16-5-8-19-34(28)44-36/h1-23H. The van der Waals surface area contributed by atoms with Crippen molar-refractivity contribution in [2.75, 3.05) is 0 Å². The fraction of sp³-hybridized carbons (Fsp3) is 0. The highest BCUT2D eigenvalue weighted by Crippen LogP contribution is 2.43. The summed E-state index contributed by atoms with van der Waals surface area (Å²) < 4.78 is 7.20. The first-order valence-electron chi connectivity index (χ1n) is 15.0. The van der Waals surface area contributed by atoms with Gasteiger partial charge in [0.15, 0.2) is 0 Å². The average Bonchev–Trinajstić information content (AvgIpc) is 3.76. The number of hydrogen-bond donors (Lipinski definition) is 0. The fourth-order valence-electron chi connectivity index (χ4n) is 6.75. The zero-order valence-electron chi connectivity index (χ0n) is 23.9. The molecule has 0 bridgehead atoms. The highest BCUT2D eigenvalue weighted by molar-refractivity contribution is 7.26. The zero-order valence-corrected chi connectivity index (χ0v) is 25.6. The van der Waals surface area contributed by atoms with E-state index < -0.39 is 0 Å². The van der Waals surface area contributed by atoms with Crippen LogP contribution in [0.25, 0.3) is 90.6 Å². The summed E-state index contributed by atoms with van der Waals surface area (Å²) in [6, 6.07) is 49.9. The first-order valence-corrected chi connectivity index (χ1v) is 16.6. The molecule has 10 rings (SSSR count). The van der Waals surface area contributed by atoms with Crippen molar-refractivity contribution in [1.29, 1.82) is 0 Å². The number of rotatable bonds is 3. The van der Waals surface area contributed by atoms with Crippen molar-refractivity contribution < 1.29 is 0 Å². The van der Waals surface area contributed by atoms with Gasteiger partial charge in [-0.15, -0.1) is 22.7 Å². The fourth-order valence-corrected chi connectivity index (χ4v) is 9.03. The van der Waals surface area contributed by atoms with Gasteiger partial charge in [-0.05, 0) is 47.5 Å². The molecule has 0 aliphatic carbocycles. The molecule has 0 radical (unpaired) electrons. The monoisotopic (exact) mass is 609 g/mol. The summed E-state index contributed by atoms with van der Waals surface area (Å²) in [6.07, 6.45) is 0. The third-order valence-corrected chi connectivity index (χ3v) is 11.1. The van der Waals surface area contributed by atoms with Crippen LogP contribution in [-0.2, 0) is 0 Å². The molecule has 0 fully saturated rings. The summed E-state index contributed by atoms with van der Waals surface area (Å²) in [5, 5.41) is 6.14. The molecule has 4 aromatic heterocycles. The van der Waals surface area contributed by atoms with E-state index in [1.54, 1.807) is 11.3 Å². The van der Waals surface area contributed by atoms with Gasteiger partial charge in [0.2, 0.25) is 5.95 Å². The summed E-state index contributed by atoms with van der Waals surface area (Å²) >= 11 is 3.62. The number of para-hydroxylation sites is 1. The van der Waals surface area contributed by atoms with E-state index in [1.165, 1.54) is 46.8 Å². The van der Waals surface area contributed by atoms with E-state index in [-0.39, 0.29) is 0 Å². The lowest BCUT2D eigenvalue weighted by molar-refractivity contribution is 1.02. The zero-order chi connectivity index (χ0) is 29.5. The normalized spacial score (nSPS) is 12.0. The summed E-state index contributed by atoms with van der Waals surface area (Å²) in [5.41, 5.74) is 7.63. The van der Waals surface area contributed by atoms with Crippen molar-refractivity contribution in [3.63, 3.8) is 0 Å². The Balaban J connectivity index is 1.32. The van der Waals surface area contributed by atoms with Gasteiger partial charge >= 0.3 is 0 Å². The summed E-state index contributed by atoms with van der Waals surface area (Å²) in [7, 11) is 0. The van der Waals surface area contributed by atoms with E-state index in [4.69, 9.17) is 9.97 Å². The smallest absolute Gasteiger partial charge is 0.235 e. The van der Waals surface area contributed by atoms with Crippen LogP contribution in [0.5, 0.6) is 0 Å². The average molecular weight is 610 g/mol. The molecule has 0 amide bonds. The predicted molar refractivity (Wildman–Crippen MR) is 193 cm³/mol. The summed E-state index contributed by atoms with van der Waals surface area (Å²) in [6.45, 7) is 0. The summed E-state index contributed by atoms with van der Waals surface area (Å²) in [5.74, 6) is 0.691. The highest BCUT2D eigenvalue weighted by Gasteiger charge is 2.21. The lowest BCUT2D eigenvalue weighted by Gasteiger charge is -2.11. The molecule has 0 unspecified atom stereocenters. The van der Waals surface area contributed by atoms with E-state index in [2.05, 4.69) is 144 Å². The number of fused-ring (bicyclic) bond motifs is 9. The third kappa shape index (κ3) is 3.75. The Morgan fingerprint density at radius 2 is 1.11 bits per heavy atom. The first kappa shape index (κ1) is 25.0. The molecule has 0 aliphatic heterocycles. The maximum absolute atomic E-state index is 5.44. The number of nitrogens with zero attached hydrogens (tertiary/aromatic N) is 3. The Kier molecular flexibility index (Phi) is 5.32. The lowest BCUT2D eigenvalue weighted by Crippen LogP contribution is -2.02. The second-order valence-corrected chi connectivity index (χ2v) is 13.5. The number of aromatic nitrogens is 3. The summed E-state index contributed by atoms with van der Waals surface area (Å²) in [4.78, 5) is 10.8. The largest absolute Gasteiger partial charge is 0.278 e. The molecule has 3 nitrogen and oxygen atoms in total. The lowest BCUT2D eigenvalue weighted by atomic mass is 10.0. The topological polar surface area (TPSA) is 30.7 Å². The molecule has 0 saturated heterocycles. The highest BCUT2D eigenvalue weighted by atomic mass is 32.1. The molecule has 0 N–H and O–H groups in total. The minimum absolute atomic E-state index is 0.691. The number of benzene rings is 6. The molecule has 10 aromatic rings. The molecule has 0 spiro atoms. The van der Waals surface area contributed by atoms with E-state index in [0.29, 0.717) is 5.95 Å². The van der Waals surface area contributed by atoms with Crippen LogP contribution >= 0.6 is 22.7 Å². The number of hydrogen-bond acceptors (Lipinski definition) is 4. The van der Waals surface area contributed by atoms with E-state index >= 15 is 0 Å². The van der Waals surface area contributed by atoms with Crippen LogP contribution in [0.3, 0.4) is 0 Å². The van der Waals surface area contributed by atoms with Gasteiger partial charge in [-0.2, -0.15) is 0 Å². The predicted octanol–water partition coefficient (Wildman–Crippen LogP) is 11.6. The second kappa shape index (κ2) is 9.57. The van der Waals surface area contributed by atoms with Crippen LogP contribution in [0.1, 0.15) is 0 Å². The van der Waals surface area contributed by atoms with Gasteiger partial charge in [0, 0.05) is 46.6 Å². The van der Waals surface area contributed by atoms with Crippen LogP contribution < -0.4 is 0 Å². The molecule has 0 aliphatic rings. The van der Waals surface area contributed by atoms with Gasteiger partial charge < -0.3 is 0 Å². The molecule has 45 heavy (non-hydrogen) atoms. The van der Waals surface area contributed by atoms with Gasteiger partial charge in [-0.3, -0.25) is 4.57 Å². The Labute approximate surface area is 266 Å². The maximum atomic E-state index is 5.44. The Hall–Kier alpha value is -5.36. The van der Waals surface area contributed by atoms with Crippen molar-refractivity contribution in [2.24, 2.45) is 0 Å². The van der Waals surface area contributed by atoms with E-state index in [9.17, 15) is 0 Å². The van der Waals surface area contributed by atoms with Gasteiger partial charge in [0.1, 0.15) is 0 Å². The van der Waals surface area contributed by atoms with Crippen LogP contribution in [0.2, 0.25) is 0 Å². The van der Waals surface area contributed by atoms with E-state index in [1.807, 2.05) is 11.3 Å². The Morgan fingerprint density at radius 1 is 0.422 bits per heavy atom. The molecular formula is C40H23N3S2. The maximum Gasteiger partial charge on any atom is 0.235 e. The Bertz CT molecular complexity index is 2770. The van der Waals surface area contributed by atoms with Crippen LogP contribution in [0.15, 0.2) is 140 Å². The van der Waals surface area contributed by atoms with Crippen molar-refractivity contribution in [3.05, 3.63) is 140 Å². The molecular weight excluding hydrogens is 587 g/mol. The minimum atomic E-state index is 0.691. The first-order chi connectivity index (χ1) is 22.3. The quantitative estimate of drug-likeness (QED) is 0.199. The molecule has 210 valence electrons. The molecule has 5 heteroatoms. The SMILES string of the molecule is c1ccc(-c2cccc(-c3nc(-n4c5ccccc5c5cc6sc7ccccc7c6cc54)nc4c3sc3ccccc34)c2)cc1. The van der Waals surface area contributed by atoms with Crippen molar-refractivity contribution >= 4 is 85.0 Å². The van der Waals surface area contributed by atoms with Gasteiger partial charge in [-0.1, -0.05) is 103 Å².